The van der Waals surface area contributed by atoms with Crippen LogP contribution in [-0.4, -0.2) is 40.3 Å². The van der Waals surface area contributed by atoms with Crippen molar-refractivity contribution in [3.63, 3.8) is 0 Å². The Morgan fingerprint density at radius 1 is 0.929 bits per heavy atom. The Morgan fingerprint density at radius 2 is 1.93 bits per heavy atom. The van der Waals surface area contributed by atoms with Gasteiger partial charge in [-0.1, -0.05) is 6.07 Å². The van der Waals surface area contributed by atoms with Gasteiger partial charge in [0.05, 0.1) is 29.1 Å². The minimum Gasteiger partial charge on any atom is -0.335 e. The van der Waals surface area contributed by atoms with E-state index in [0.717, 1.165) is 43.8 Å². The van der Waals surface area contributed by atoms with Gasteiger partial charge in [0.15, 0.2) is 11.5 Å². The zero-order chi connectivity index (χ0) is 18.5. The van der Waals surface area contributed by atoms with E-state index >= 15 is 0 Å². The Hall–Kier alpha value is -3.85. The topological polar surface area (TPSA) is 112 Å². The summed E-state index contributed by atoms with van der Waals surface area (Å²) in [6.07, 6.45) is 7.18. The summed E-state index contributed by atoms with van der Waals surface area (Å²) in [5.74, 6) is 0.656. The molecule has 3 N–H and O–H groups in total. The van der Waals surface area contributed by atoms with Gasteiger partial charge in [0.2, 0.25) is 0 Å². The van der Waals surface area contributed by atoms with Crippen LogP contribution in [-0.2, 0) is 0 Å². The minimum absolute atomic E-state index is 0.656. The van der Waals surface area contributed by atoms with Crippen molar-refractivity contribution in [2.24, 2.45) is 0 Å². The molecule has 0 bridgehead atoms. The second-order valence-corrected chi connectivity index (χ2v) is 7.25. The molecule has 0 aliphatic carbocycles. The molecule has 0 aliphatic rings. The first kappa shape index (κ1) is 15.2. The molecule has 134 valence electrons. The molecule has 0 unspecified atom stereocenters. The zero-order valence-electron chi connectivity index (χ0n) is 14.3. The molecule has 0 saturated carbocycles. The number of aromatic nitrogens is 8. The molecular weight excluding hydrogens is 372 g/mol. The number of imidazole rings is 1. The Morgan fingerprint density at radius 3 is 2.79 bits per heavy atom. The number of hydrogen-bond donors (Lipinski definition) is 3. The summed E-state index contributed by atoms with van der Waals surface area (Å²) in [6, 6.07) is 7.99. The lowest BCUT2D eigenvalue weighted by atomic mass is 10.2. The fraction of sp³-hybridized carbons (Fsp3) is 0. The number of aromatic amines is 3. The molecule has 28 heavy (non-hydrogen) atoms. The second kappa shape index (κ2) is 5.83. The first-order valence-electron chi connectivity index (χ1n) is 8.59. The van der Waals surface area contributed by atoms with Crippen LogP contribution in [0.25, 0.3) is 55.3 Å². The first-order valence-corrected chi connectivity index (χ1v) is 9.47. The number of rotatable bonds is 3. The van der Waals surface area contributed by atoms with E-state index in [4.69, 9.17) is 9.97 Å². The van der Waals surface area contributed by atoms with Gasteiger partial charge in [0, 0.05) is 28.4 Å². The third-order valence-electron chi connectivity index (χ3n) is 4.61. The van der Waals surface area contributed by atoms with Crippen LogP contribution in [0.3, 0.4) is 0 Å². The molecule has 0 amide bonds. The highest BCUT2D eigenvalue weighted by molar-refractivity contribution is 7.13. The van der Waals surface area contributed by atoms with Crippen LogP contribution < -0.4 is 0 Å². The van der Waals surface area contributed by atoms with Crippen molar-refractivity contribution in [2.75, 3.05) is 0 Å². The average molecular weight is 384 g/mol. The third-order valence-corrected chi connectivity index (χ3v) is 5.51. The molecule has 6 aromatic heterocycles. The normalized spacial score (nSPS) is 11.6. The van der Waals surface area contributed by atoms with Gasteiger partial charge in [0.1, 0.15) is 11.0 Å². The van der Waals surface area contributed by atoms with Crippen molar-refractivity contribution in [3.05, 3.63) is 54.4 Å². The van der Waals surface area contributed by atoms with Gasteiger partial charge in [0.25, 0.3) is 0 Å². The maximum Gasteiger partial charge on any atom is 0.161 e. The number of H-pyrrole nitrogens is 3. The van der Waals surface area contributed by atoms with Crippen LogP contribution in [0.15, 0.2) is 54.4 Å². The van der Waals surface area contributed by atoms with Crippen molar-refractivity contribution < 1.29 is 0 Å². The van der Waals surface area contributed by atoms with E-state index in [9.17, 15) is 0 Å². The van der Waals surface area contributed by atoms with E-state index in [1.807, 2.05) is 36.0 Å². The molecule has 6 heterocycles. The van der Waals surface area contributed by atoms with E-state index in [2.05, 4.69) is 36.4 Å². The lowest BCUT2D eigenvalue weighted by Gasteiger charge is -1.97. The van der Waals surface area contributed by atoms with Crippen LogP contribution in [0.5, 0.6) is 0 Å². The van der Waals surface area contributed by atoms with E-state index in [1.54, 1.807) is 23.7 Å². The lowest BCUT2D eigenvalue weighted by Crippen LogP contribution is -1.86. The van der Waals surface area contributed by atoms with Crippen molar-refractivity contribution in [1.82, 2.24) is 40.3 Å². The predicted molar refractivity (Wildman–Crippen MR) is 108 cm³/mol. The Labute approximate surface area is 161 Å². The van der Waals surface area contributed by atoms with E-state index in [-0.39, 0.29) is 0 Å². The van der Waals surface area contributed by atoms with Gasteiger partial charge in [-0.05, 0) is 23.6 Å². The summed E-state index contributed by atoms with van der Waals surface area (Å²) in [6.45, 7) is 0. The maximum absolute atomic E-state index is 4.82. The molecular formula is C19H12N8S. The van der Waals surface area contributed by atoms with Crippen LogP contribution in [0, 0.1) is 0 Å². The third kappa shape index (κ3) is 2.26. The van der Waals surface area contributed by atoms with Crippen LogP contribution in [0.4, 0.5) is 0 Å². The lowest BCUT2D eigenvalue weighted by molar-refractivity contribution is 1.09. The quantitative estimate of drug-likeness (QED) is 0.427. The fourth-order valence-electron chi connectivity index (χ4n) is 3.27. The molecule has 0 spiro atoms. The molecule has 0 aromatic carbocycles. The number of pyridine rings is 2. The highest BCUT2D eigenvalue weighted by atomic mass is 32.1. The maximum atomic E-state index is 4.82. The first-order chi connectivity index (χ1) is 13.9. The second-order valence-electron chi connectivity index (χ2n) is 6.30. The molecule has 6 rings (SSSR count). The highest BCUT2D eigenvalue weighted by Crippen LogP contribution is 2.32. The SMILES string of the molecule is c1csc(-c2cncc3[nH]c(-c4n[nH]c5ccc(-c6cn[nH]c6)nc45)nc23)c1. The average Bonchev–Trinajstić information content (AvgIpc) is 3.53. The van der Waals surface area contributed by atoms with Crippen LogP contribution in [0.1, 0.15) is 0 Å². The van der Waals surface area contributed by atoms with Crippen molar-refractivity contribution in [1.29, 1.82) is 0 Å². The summed E-state index contributed by atoms with van der Waals surface area (Å²) < 4.78 is 0. The number of hydrogen-bond acceptors (Lipinski definition) is 6. The smallest absolute Gasteiger partial charge is 0.161 e. The number of fused-ring (bicyclic) bond motifs is 2. The molecule has 8 nitrogen and oxygen atoms in total. The Bertz CT molecular complexity index is 1410. The fourth-order valence-corrected chi connectivity index (χ4v) is 4.01. The number of nitrogens with zero attached hydrogens (tertiary/aromatic N) is 5. The van der Waals surface area contributed by atoms with Gasteiger partial charge in [-0.25, -0.2) is 9.97 Å². The van der Waals surface area contributed by atoms with Crippen molar-refractivity contribution in [2.45, 2.75) is 0 Å². The molecule has 9 heteroatoms. The van der Waals surface area contributed by atoms with E-state index in [1.165, 1.54) is 0 Å². The number of thiophene rings is 1. The Balaban J connectivity index is 1.55. The summed E-state index contributed by atoms with van der Waals surface area (Å²) in [5.41, 5.74) is 6.75. The highest BCUT2D eigenvalue weighted by Gasteiger charge is 2.17. The zero-order valence-corrected chi connectivity index (χ0v) is 15.2. The largest absolute Gasteiger partial charge is 0.335 e. The van der Waals surface area contributed by atoms with E-state index < -0.39 is 0 Å². The van der Waals surface area contributed by atoms with Gasteiger partial charge >= 0.3 is 0 Å². The molecule has 0 fully saturated rings. The molecule has 0 radical (unpaired) electrons. The van der Waals surface area contributed by atoms with Gasteiger partial charge in [-0.2, -0.15) is 10.2 Å². The van der Waals surface area contributed by atoms with Crippen molar-refractivity contribution >= 4 is 33.4 Å². The summed E-state index contributed by atoms with van der Waals surface area (Å²) in [7, 11) is 0. The van der Waals surface area contributed by atoms with Crippen molar-refractivity contribution in [3.8, 4) is 33.2 Å². The van der Waals surface area contributed by atoms with Gasteiger partial charge in [-0.15, -0.1) is 11.3 Å². The van der Waals surface area contributed by atoms with Crippen LogP contribution >= 0.6 is 11.3 Å². The summed E-state index contributed by atoms with van der Waals surface area (Å²) in [5, 5.41) is 16.3. The standard InChI is InChI=1S/C19H12N8S/c1-2-15(28-5-1)11-8-20-9-14-16(11)25-19(24-14)18-17-13(26-27-18)4-3-12(23-17)10-6-21-22-7-10/h1-9H,(H,21,22)(H,24,25)(H,26,27). The van der Waals surface area contributed by atoms with Crippen LogP contribution in [0.2, 0.25) is 0 Å². The van der Waals surface area contributed by atoms with Gasteiger partial charge in [-0.3, -0.25) is 15.2 Å². The summed E-state index contributed by atoms with van der Waals surface area (Å²) in [4.78, 5) is 18.4. The number of nitrogens with one attached hydrogen (secondary N) is 3. The summed E-state index contributed by atoms with van der Waals surface area (Å²) >= 11 is 1.66. The molecule has 0 aliphatic heterocycles. The monoisotopic (exact) mass is 384 g/mol. The molecule has 0 atom stereocenters. The van der Waals surface area contributed by atoms with Gasteiger partial charge < -0.3 is 4.98 Å². The molecule has 0 saturated heterocycles. The Kier molecular flexibility index (Phi) is 3.17. The predicted octanol–water partition coefficient (Wildman–Crippen LogP) is 4.01. The van der Waals surface area contributed by atoms with E-state index in [0.29, 0.717) is 11.5 Å². The molecule has 6 aromatic rings. The minimum atomic E-state index is 0.656.